The standard InChI is InChI=1S/C18H24O3/c1-18-7-6-13-12-5-3-11(19)8-10(12)2-4-14(13)15(18)9-16(20)17(18)21/h3,5,8,13-17,19-21H,2,4,6-7,9H2,1H3/t13-,14-,15+,16+,17+,18+/m1/s1/i3D,8D,16D. The van der Waals surface area contributed by atoms with Gasteiger partial charge in [-0.25, -0.2) is 0 Å². The number of rotatable bonds is 0. The second kappa shape index (κ2) is 4.47. The summed E-state index contributed by atoms with van der Waals surface area (Å²) in [5, 5.41) is 30.7. The third kappa shape index (κ3) is 1.80. The van der Waals surface area contributed by atoms with Crippen LogP contribution >= 0.6 is 0 Å². The summed E-state index contributed by atoms with van der Waals surface area (Å²) in [5.41, 5.74) is 1.38. The number of aliphatic hydroxyl groups excluding tert-OH is 1. The molecule has 0 radical (unpaired) electrons. The molecule has 3 aliphatic carbocycles. The van der Waals surface area contributed by atoms with Crippen LogP contribution in [0.4, 0.5) is 0 Å². The molecule has 0 saturated heterocycles. The van der Waals surface area contributed by atoms with Crippen molar-refractivity contribution in [2.24, 2.45) is 17.3 Å². The minimum Gasteiger partial charge on any atom is -0.508 e. The highest BCUT2D eigenvalue weighted by Gasteiger charge is 2.57. The maximum atomic E-state index is 10.5. The largest absolute Gasteiger partial charge is 0.508 e. The van der Waals surface area contributed by atoms with Gasteiger partial charge in [-0.15, -0.1) is 0 Å². The molecule has 6 atom stereocenters. The third-order valence-corrected chi connectivity index (χ3v) is 6.35. The fourth-order valence-corrected chi connectivity index (χ4v) is 5.20. The summed E-state index contributed by atoms with van der Waals surface area (Å²) >= 11 is 0. The Bertz CT molecular complexity index is 705. The summed E-state index contributed by atoms with van der Waals surface area (Å²) in [6.45, 7) is 1.99. The molecule has 0 heterocycles. The molecule has 0 aliphatic heterocycles. The lowest BCUT2D eigenvalue weighted by atomic mass is 9.55. The minimum atomic E-state index is -1.79. The summed E-state index contributed by atoms with van der Waals surface area (Å²) in [5.74, 6) is 0.249. The van der Waals surface area contributed by atoms with Gasteiger partial charge in [-0.1, -0.05) is 13.0 Å². The van der Waals surface area contributed by atoms with E-state index in [0.29, 0.717) is 6.42 Å². The Labute approximate surface area is 129 Å². The monoisotopic (exact) mass is 291 g/mol. The van der Waals surface area contributed by atoms with Crippen molar-refractivity contribution in [2.75, 3.05) is 0 Å². The number of phenolic OH excluding ortho intramolecular Hbond substituents is 1. The fraction of sp³-hybridized carbons (Fsp3) is 0.667. The molecule has 3 heteroatoms. The molecule has 4 rings (SSSR count). The normalized spacial score (nSPS) is 50.3. The van der Waals surface area contributed by atoms with Crippen molar-refractivity contribution in [1.82, 2.24) is 0 Å². The summed E-state index contributed by atoms with van der Waals surface area (Å²) in [7, 11) is 0. The van der Waals surface area contributed by atoms with Crippen LogP contribution in [0.5, 0.6) is 5.75 Å². The lowest BCUT2D eigenvalue weighted by Gasteiger charge is -2.49. The molecule has 2 fully saturated rings. The maximum Gasteiger partial charge on any atom is 0.115 e. The molecule has 0 aromatic heterocycles. The van der Waals surface area contributed by atoms with E-state index in [1.54, 1.807) is 6.07 Å². The van der Waals surface area contributed by atoms with Gasteiger partial charge in [0.05, 0.1) is 16.3 Å². The molecule has 0 unspecified atom stereocenters. The van der Waals surface area contributed by atoms with E-state index < -0.39 is 17.6 Å². The minimum absolute atomic E-state index is 0.00353. The molecule has 3 nitrogen and oxygen atoms in total. The number of aliphatic hydroxyl groups is 2. The van der Waals surface area contributed by atoms with E-state index in [1.807, 2.05) is 6.92 Å². The van der Waals surface area contributed by atoms with Gasteiger partial charge in [-0.2, -0.15) is 0 Å². The van der Waals surface area contributed by atoms with Crippen LogP contribution in [0, 0.1) is 17.3 Å². The molecule has 21 heavy (non-hydrogen) atoms. The van der Waals surface area contributed by atoms with Crippen molar-refractivity contribution in [3.05, 3.63) is 29.3 Å². The molecular formula is C18H24O3. The second-order valence-corrected chi connectivity index (χ2v) is 7.25. The first-order valence-electron chi connectivity index (χ1n) is 9.39. The fourth-order valence-electron chi connectivity index (χ4n) is 5.20. The van der Waals surface area contributed by atoms with Crippen LogP contribution in [0.2, 0.25) is 0 Å². The predicted molar refractivity (Wildman–Crippen MR) is 80.1 cm³/mol. The van der Waals surface area contributed by atoms with E-state index in [4.69, 9.17) is 4.11 Å². The molecule has 114 valence electrons. The van der Waals surface area contributed by atoms with Gasteiger partial charge in [-0.3, -0.25) is 0 Å². The molecular weight excluding hydrogens is 264 g/mol. The Balaban J connectivity index is 1.77. The lowest BCUT2D eigenvalue weighted by Crippen LogP contribution is -2.44. The van der Waals surface area contributed by atoms with Crippen LogP contribution in [-0.4, -0.2) is 27.5 Å². The number of phenols is 1. The average Bonchev–Trinajstić information content (AvgIpc) is 2.72. The highest BCUT2D eigenvalue weighted by Crippen LogP contribution is 2.60. The third-order valence-electron chi connectivity index (χ3n) is 6.35. The lowest BCUT2D eigenvalue weighted by molar-refractivity contribution is -0.0505. The highest BCUT2D eigenvalue weighted by molar-refractivity contribution is 5.40. The second-order valence-electron chi connectivity index (χ2n) is 7.25. The first kappa shape index (κ1) is 10.6. The SMILES string of the molecule is [2H]c1cc2c(c([2H])c1O)CC[C@@H]1[C@@H]2CC[C@]2(C)[C@@H](O)[C@@]([2H])(O)C[C@@H]12. The quantitative estimate of drug-likeness (QED) is 0.688. The van der Waals surface area contributed by atoms with Crippen molar-refractivity contribution in [3.8, 4) is 5.75 Å². The zero-order chi connectivity index (χ0) is 17.4. The van der Waals surface area contributed by atoms with E-state index in [0.717, 1.165) is 30.4 Å². The number of fused-ring (bicyclic) bond motifs is 5. The number of hydrogen-bond donors (Lipinski definition) is 3. The van der Waals surface area contributed by atoms with E-state index in [2.05, 4.69) is 0 Å². The first-order valence-corrected chi connectivity index (χ1v) is 7.89. The van der Waals surface area contributed by atoms with Gasteiger partial charge in [-0.05, 0) is 78.5 Å². The van der Waals surface area contributed by atoms with Gasteiger partial charge in [0.2, 0.25) is 0 Å². The van der Waals surface area contributed by atoms with Crippen LogP contribution in [0.25, 0.3) is 0 Å². The summed E-state index contributed by atoms with van der Waals surface area (Å²) in [6, 6.07) is 1.77. The molecule has 3 N–H and O–H groups in total. The maximum absolute atomic E-state index is 10.5. The van der Waals surface area contributed by atoms with Crippen molar-refractivity contribution in [3.63, 3.8) is 0 Å². The summed E-state index contributed by atoms with van der Waals surface area (Å²) in [6.07, 6.45) is 0.511. The molecule has 1 aromatic rings. The van der Waals surface area contributed by atoms with Crippen LogP contribution < -0.4 is 0 Å². The van der Waals surface area contributed by atoms with E-state index in [9.17, 15) is 15.3 Å². The van der Waals surface area contributed by atoms with Crippen molar-refractivity contribution in [2.45, 2.75) is 57.1 Å². The zero-order valence-corrected chi connectivity index (χ0v) is 12.3. The van der Waals surface area contributed by atoms with Gasteiger partial charge in [0.1, 0.15) is 5.75 Å². The van der Waals surface area contributed by atoms with Crippen molar-refractivity contribution >= 4 is 0 Å². The van der Waals surface area contributed by atoms with Gasteiger partial charge in [0.25, 0.3) is 0 Å². The highest BCUT2D eigenvalue weighted by atomic mass is 16.3. The number of hydrogen-bond acceptors (Lipinski definition) is 3. The summed E-state index contributed by atoms with van der Waals surface area (Å²) in [4.78, 5) is 0. The van der Waals surface area contributed by atoms with Crippen LogP contribution in [-0.2, 0) is 6.42 Å². The Hall–Kier alpha value is -1.06. The Morgan fingerprint density at radius 3 is 3.00 bits per heavy atom. The molecule has 0 spiro atoms. The van der Waals surface area contributed by atoms with Crippen LogP contribution in [0.15, 0.2) is 18.2 Å². The van der Waals surface area contributed by atoms with Crippen molar-refractivity contribution in [1.29, 1.82) is 0 Å². The molecule has 0 amide bonds. The van der Waals surface area contributed by atoms with Crippen LogP contribution in [0.1, 0.15) is 53.8 Å². The van der Waals surface area contributed by atoms with E-state index in [1.165, 1.54) is 0 Å². The smallest absolute Gasteiger partial charge is 0.115 e. The van der Waals surface area contributed by atoms with E-state index >= 15 is 0 Å². The number of aromatic hydroxyl groups is 1. The van der Waals surface area contributed by atoms with Crippen molar-refractivity contribution < 1.29 is 19.4 Å². The van der Waals surface area contributed by atoms with Gasteiger partial charge in [0, 0.05) is 0 Å². The van der Waals surface area contributed by atoms with Crippen LogP contribution in [0.3, 0.4) is 0 Å². The number of benzene rings is 1. The average molecular weight is 291 g/mol. The molecule has 1 aromatic carbocycles. The Morgan fingerprint density at radius 1 is 1.38 bits per heavy atom. The topological polar surface area (TPSA) is 60.7 Å². The Kier molecular flexibility index (Phi) is 2.26. The molecule has 2 saturated carbocycles. The van der Waals surface area contributed by atoms with Gasteiger partial charge >= 0.3 is 0 Å². The summed E-state index contributed by atoms with van der Waals surface area (Å²) < 4.78 is 24.1. The Morgan fingerprint density at radius 2 is 2.19 bits per heavy atom. The zero-order valence-electron chi connectivity index (χ0n) is 15.3. The van der Waals surface area contributed by atoms with Gasteiger partial charge < -0.3 is 15.3 Å². The first-order chi connectivity index (χ1) is 11.2. The molecule has 3 aliphatic rings. The predicted octanol–water partition coefficient (Wildman–Crippen LogP) is 2.58. The van der Waals surface area contributed by atoms with Gasteiger partial charge in [0.15, 0.2) is 0 Å². The molecule has 0 bridgehead atoms. The van der Waals surface area contributed by atoms with E-state index in [-0.39, 0.29) is 42.0 Å².